The van der Waals surface area contributed by atoms with Crippen molar-refractivity contribution in [3.63, 3.8) is 0 Å². The quantitative estimate of drug-likeness (QED) is 0.421. The van der Waals surface area contributed by atoms with Crippen molar-refractivity contribution in [2.24, 2.45) is 5.84 Å². The second-order valence-corrected chi connectivity index (χ2v) is 3.96. The summed E-state index contributed by atoms with van der Waals surface area (Å²) in [5, 5.41) is 5.14. The molecule has 7 heteroatoms. The van der Waals surface area contributed by atoms with Gasteiger partial charge in [-0.15, -0.1) is 0 Å². The Morgan fingerprint density at radius 3 is 2.72 bits per heavy atom. The number of hydrazine groups is 1. The average Bonchev–Trinajstić information content (AvgIpc) is 2.35. The molecule has 1 aromatic heterocycles. The van der Waals surface area contributed by atoms with Gasteiger partial charge in [0.1, 0.15) is 11.5 Å². The van der Waals surface area contributed by atoms with E-state index in [0.29, 0.717) is 5.82 Å². The molecular formula is C11H17N5O2. The Morgan fingerprint density at radius 2 is 2.11 bits per heavy atom. The minimum absolute atomic E-state index is 0.0392. The van der Waals surface area contributed by atoms with Crippen LogP contribution < -0.4 is 21.9 Å². The summed E-state index contributed by atoms with van der Waals surface area (Å²) in [4.78, 5) is 27.0. The molecule has 0 fully saturated rings. The highest BCUT2D eigenvalue weighted by atomic mass is 16.2. The summed E-state index contributed by atoms with van der Waals surface area (Å²) < 4.78 is 0. The Labute approximate surface area is 105 Å². The Morgan fingerprint density at radius 1 is 1.39 bits per heavy atom. The lowest BCUT2D eigenvalue weighted by Crippen LogP contribution is -2.40. The SMILES string of the molecule is CC(C)NC(=O)CNC(=O)c1cccc(NN)n1. The Bertz CT molecular complexity index is 433. The van der Waals surface area contributed by atoms with Crippen molar-refractivity contribution in [1.82, 2.24) is 15.6 Å². The third kappa shape index (κ3) is 4.38. The lowest BCUT2D eigenvalue weighted by Gasteiger charge is -2.09. The van der Waals surface area contributed by atoms with Crippen LogP contribution in [-0.4, -0.2) is 29.4 Å². The van der Waals surface area contributed by atoms with Gasteiger partial charge in [0.05, 0.1) is 6.54 Å². The zero-order chi connectivity index (χ0) is 13.5. The number of hydrogen-bond acceptors (Lipinski definition) is 5. The van der Waals surface area contributed by atoms with E-state index in [1.165, 1.54) is 6.07 Å². The molecule has 5 N–H and O–H groups in total. The lowest BCUT2D eigenvalue weighted by atomic mass is 10.3. The summed E-state index contributed by atoms with van der Waals surface area (Å²) in [5.41, 5.74) is 2.54. The van der Waals surface area contributed by atoms with Crippen molar-refractivity contribution in [2.45, 2.75) is 19.9 Å². The summed E-state index contributed by atoms with van der Waals surface area (Å²) in [7, 11) is 0. The zero-order valence-corrected chi connectivity index (χ0v) is 10.4. The first-order valence-corrected chi connectivity index (χ1v) is 5.54. The first kappa shape index (κ1) is 13.9. The number of carbonyl (C=O) groups is 2. The van der Waals surface area contributed by atoms with Crippen molar-refractivity contribution in [3.8, 4) is 0 Å². The van der Waals surface area contributed by atoms with Gasteiger partial charge in [0.15, 0.2) is 0 Å². The van der Waals surface area contributed by atoms with Crippen LogP contribution in [0, 0.1) is 0 Å². The van der Waals surface area contributed by atoms with E-state index in [1.54, 1.807) is 12.1 Å². The Kier molecular flexibility index (Phi) is 5.06. The predicted molar refractivity (Wildman–Crippen MR) is 67.7 cm³/mol. The molecule has 0 bridgehead atoms. The van der Waals surface area contributed by atoms with Gasteiger partial charge in [-0.25, -0.2) is 10.8 Å². The molecule has 0 saturated carbocycles. The van der Waals surface area contributed by atoms with Gasteiger partial charge in [-0.1, -0.05) is 6.07 Å². The number of nitrogens with one attached hydrogen (secondary N) is 3. The van der Waals surface area contributed by atoms with E-state index in [-0.39, 0.29) is 24.2 Å². The lowest BCUT2D eigenvalue weighted by molar-refractivity contribution is -0.120. The molecule has 7 nitrogen and oxygen atoms in total. The summed E-state index contributed by atoms with van der Waals surface area (Å²) in [5.74, 6) is 4.90. The Hall–Kier alpha value is -2.15. The maximum Gasteiger partial charge on any atom is 0.270 e. The smallest absolute Gasteiger partial charge is 0.270 e. The number of nitrogens with zero attached hydrogens (tertiary/aromatic N) is 1. The number of rotatable bonds is 5. The summed E-state index contributed by atoms with van der Waals surface area (Å²) in [6, 6.07) is 4.85. The first-order valence-electron chi connectivity index (χ1n) is 5.54. The molecule has 1 rings (SSSR count). The topological polar surface area (TPSA) is 109 Å². The number of carbonyl (C=O) groups excluding carboxylic acids is 2. The van der Waals surface area contributed by atoms with Gasteiger partial charge in [0.25, 0.3) is 5.91 Å². The number of nitrogens with two attached hydrogens (primary N) is 1. The first-order chi connectivity index (χ1) is 8.52. The third-order valence-electron chi connectivity index (χ3n) is 1.99. The van der Waals surface area contributed by atoms with Crippen LogP contribution in [0.4, 0.5) is 5.82 Å². The maximum atomic E-state index is 11.7. The van der Waals surface area contributed by atoms with E-state index in [9.17, 15) is 9.59 Å². The molecule has 0 atom stereocenters. The number of anilines is 1. The van der Waals surface area contributed by atoms with Crippen molar-refractivity contribution < 1.29 is 9.59 Å². The molecule has 0 radical (unpaired) electrons. The average molecular weight is 251 g/mol. The van der Waals surface area contributed by atoms with E-state index < -0.39 is 5.91 Å². The van der Waals surface area contributed by atoms with E-state index in [1.807, 2.05) is 13.8 Å². The van der Waals surface area contributed by atoms with Gasteiger partial charge >= 0.3 is 0 Å². The van der Waals surface area contributed by atoms with Crippen molar-refractivity contribution in [2.75, 3.05) is 12.0 Å². The number of amides is 2. The van der Waals surface area contributed by atoms with E-state index in [0.717, 1.165) is 0 Å². The molecule has 1 heterocycles. The van der Waals surface area contributed by atoms with E-state index >= 15 is 0 Å². The second kappa shape index (κ2) is 6.55. The largest absolute Gasteiger partial charge is 0.352 e. The van der Waals surface area contributed by atoms with Gasteiger partial charge in [-0.05, 0) is 26.0 Å². The molecule has 0 saturated heterocycles. The molecule has 2 amide bonds. The fourth-order valence-corrected chi connectivity index (χ4v) is 1.27. The van der Waals surface area contributed by atoms with Crippen LogP contribution in [0.2, 0.25) is 0 Å². The molecule has 1 aromatic rings. The van der Waals surface area contributed by atoms with Crippen molar-refractivity contribution in [1.29, 1.82) is 0 Å². The summed E-state index contributed by atoms with van der Waals surface area (Å²) in [6.45, 7) is 3.61. The predicted octanol–water partition coefficient (Wildman–Crippen LogP) is -0.378. The van der Waals surface area contributed by atoms with Crippen LogP contribution in [0.25, 0.3) is 0 Å². The molecular weight excluding hydrogens is 234 g/mol. The molecule has 0 aliphatic heterocycles. The van der Waals surface area contributed by atoms with Gasteiger partial charge < -0.3 is 16.1 Å². The van der Waals surface area contributed by atoms with Gasteiger partial charge in [-0.2, -0.15) is 0 Å². The number of pyridine rings is 1. The maximum absolute atomic E-state index is 11.7. The Balaban J connectivity index is 2.52. The number of aromatic nitrogens is 1. The molecule has 0 unspecified atom stereocenters. The number of nitrogen functional groups attached to an aromatic ring is 1. The number of hydrogen-bond donors (Lipinski definition) is 4. The monoisotopic (exact) mass is 251 g/mol. The molecule has 0 spiro atoms. The van der Waals surface area contributed by atoms with Crippen LogP contribution in [-0.2, 0) is 4.79 Å². The molecule has 98 valence electrons. The standard InChI is InChI=1S/C11H17N5O2/c1-7(2)14-10(17)6-13-11(18)8-4-3-5-9(15-8)16-12/h3-5,7H,6,12H2,1-2H3,(H,13,18)(H,14,17)(H,15,16). The highest BCUT2D eigenvalue weighted by Crippen LogP contribution is 2.02. The zero-order valence-electron chi connectivity index (χ0n) is 10.4. The minimum Gasteiger partial charge on any atom is -0.352 e. The van der Waals surface area contributed by atoms with E-state index in [2.05, 4.69) is 21.0 Å². The van der Waals surface area contributed by atoms with Gasteiger partial charge in [-0.3, -0.25) is 9.59 Å². The molecule has 18 heavy (non-hydrogen) atoms. The van der Waals surface area contributed by atoms with Crippen molar-refractivity contribution >= 4 is 17.6 Å². The van der Waals surface area contributed by atoms with Crippen molar-refractivity contribution in [3.05, 3.63) is 23.9 Å². The summed E-state index contributed by atoms with van der Waals surface area (Å²) >= 11 is 0. The summed E-state index contributed by atoms with van der Waals surface area (Å²) in [6.07, 6.45) is 0. The third-order valence-corrected chi connectivity index (χ3v) is 1.99. The van der Waals surface area contributed by atoms with Crippen LogP contribution >= 0.6 is 0 Å². The van der Waals surface area contributed by atoms with Crippen LogP contribution in [0.15, 0.2) is 18.2 Å². The highest BCUT2D eigenvalue weighted by Gasteiger charge is 2.10. The molecule has 0 aromatic carbocycles. The van der Waals surface area contributed by atoms with E-state index in [4.69, 9.17) is 5.84 Å². The van der Waals surface area contributed by atoms with Crippen LogP contribution in [0.1, 0.15) is 24.3 Å². The second-order valence-electron chi connectivity index (χ2n) is 3.96. The highest BCUT2D eigenvalue weighted by molar-refractivity contribution is 5.95. The fourth-order valence-electron chi connectivity index (χ4n) is 1.27. The molecule has 0 aliphatic rings. The van der Waals surface area contributed by atoms with Crippen LogP contribution in [0.5, 0.6) is 0 Å². The van der Waals surface area contributed by atoms with Gasteiger partial charge in [0, 0.05) is 6.04 Å². The van der Waals surface area contributed by atoms with Crippen LogP contribution in [0.3, 0.4) is 0 Å². The minimum atomic E-state index is -0.425. The van der Waals surface area contributed by atoms with Gasteiger partial charge in [0.2, 0.25) is 5.91 Å². The normalized spacial score (nSPS) is 10.0. The fraction of sp³-hybridized carbons (Fsp3) is 0.364. The molecule has 0 aliphatic carbocycles.